The van der Waals surface area contributed by atoms with Gasteiger partial charge in [-0.05, 0) is 36.4 Å². The van der Waals surface area contributed by atoms with Crippen molar-refractivity contribution in [3.05, 3.63) is 65.8 Å². The van der Waals surface area contributed by atoms with Crippen molar-refractivity contribution in [2.45, 2.75) is 6.10 Å². The molecule has 1 aliphatic rings. The summed E-state index contributed by atoms with van der Waals surface area (Å²) in [5, 5.41) is 0. The summed E-state index contributed by atoms with van der Waals surface area (Å²) in [7, 11) is 0. The van der Waals surface area contributed by atoms with Gasteiger partial charge in [-0.2, -0.15) is 0 Å². The average molecular weight is 312 g/mol. The van der Waals surface area contributed by atoms with Crippen molar-refractivity contribution < 1.29 is 18.7 Å². The topological polar surface area (TPSA) is 43.1 Å². The Morgan fingerprint density at radius 1 is 1.22 bits per heavy atom. The average Bonchev–Trinajstić information content (AvgIpc) is 2.95. The van der Waals surface area contributed by atoms with E-state index in [2.05, 4.69) is 4.85 Å². The maximum absolute atomic E-state index is 12.8. The first kappa shape index (κ1) is 14.9. The van der Waals surface area contributed by atoms with Crippen LogP contribution in [0.4, 0.5) is 20.6 Å². The quantitative estimate of drug-likeness (QED) is 0.807. The minimum absolute atomic E-state index is 0.189. The molecule has 1 amide bonds. The molecule has 2 aromatic rings. The predicted molar refractivity (Wildman–Crippen MR) is 82.2 cm³/mol. The number of halogens is 1. The number of carbonyl (C=O) groups is 1. The van der Waals surface area contributed by atoms with Crippen LogP contribution < -0.4 is 9.64 Å². The van der Waals surface area contributed by atoms with Gasteiger partial charge >= 0.3 is 6.09 Å². The first-order chi connectivity index (χ1) is 11.2. The first-order valence-electron chi connectivity index (χ1n) is 7.00. The van der Waals surface area contributed by atoms with Crippen molar-refractivity contribution >= 4 is 17.5 Å². The lowest BCUT2D eigenvalue weighted by Crippen LogP contribution is -2.26. The molecule has 2 aromatic carbocycles. The van der Waals surface area contributed by atoms with E-state index < -0.39 is 12.2 Å². The lowest BCUT2D eigenvalue weighted by molar-refractivity contribution is 0.105. The number of rotatable bonds is 4. The van der Waals surface area contributed by atoms with Gasteiger partial charge in [0.15, 0.2) is 11.8 Å². The molecule has 0 bridgehead atoms. The summed E-state index contributed by atoms with van der Waals surface area (Å²) in [6, 6.07) is 12.4. The zero-order chi connectivity index (χ0) is 16.2. The monoisotopic (exact) mass is 312 g/mol. The minimum atomic E-state index is -0.451. The molecule has 3 rings (SSSR count). The Hall–Kier alpha value is -3.07. The van der Waals surface area contributed by atoms with Crippen LogP contribution in [0.5, 0.6) is 5.75 Å². The molecule has 0 aliphatic carbocycles. The number of hydrogen-bond donors (Lipinski definition) is 0. The summed E-state index contributed by atoms with van der Waals surface area (Å²) < 4.78 is 23.6. The number of anilines is 1. The lowest BCUT2D eigenvalue weighted by Gasteiger charge is -2.13. The van der Waals surface area contributed by atoms with Gasteiger partial charge in [-0.1, -0.05) is 12.1 Å². The lowest BCUT2D eigenvalue weighted by atomic mass is 10.2. The Kier molecular flexibility index (Phi) is 4.11. The number of benzene rings is 2. The van der Waals surface area contributed by atoms with Gasteiger partial charge in [-0.3, -0.25) is 4.90 Å². The molecule has 5 nitrogen and oxygen atoms in total. The summed E-state index contributed by atoms with van der Waals surface area (Å²) >= 11 is 0. The van der Waals surface area contributed by atoms with Gasteiger partial charge in [-0.25, -0.2) is 14.0 Å². The standard InChI is InChI=1S/C17H13FN2O3/c1-19-13-4-6-14(7-5-13)20-10-16(23-17(20)21)11-22-15-8-2-12(18)3-9-15/h2-9,16H,10-11H2. The highest BCUT2D eigenvalue weighted by atomic mass is 19.1. The minimum Gasteiger partial charge on any atom is -0.490 e. The molecular formula is C17H13FN2O3. The molecule has 0 saturated carbocycles. The van der Waals surface area contributed by atoms with Crippen LogP contribution in [0.3, 0.4) is 0 Å². The van der Waals surface area contributed by atoms with E-state index in [1.54, 1.807) is 24.3 Å². The van der Waals surface area contributed by atoms with Gasteiger partial charge in [0, 0.05) is 5.69 Å². The Morgan fingerprint density at radius 2 is 1.91 bits per heavy atom. The molecule has 1 aliphatic heterocycles. The van der Waals surface area contributed by atoms with E-state index in [-0.39, 0.29) is 12.4 Å². The molecule has 23 heavy (non-hydrogen) atoms. The second kappa shape index (κ2) is 6.36. The molecule has 0 spiro atoms. The van der Waals surface area contributed by atoms with Crippen molar-refractivity contribution in [2.24, 2.45) is 0 Å². The smallest absolute Gasteiger partial charge is 0.414 e. The molecule has 1 heterocycles. The Bertz CT molecular complexity index is 738. The third-order valence-corrected chi connectivity index (χ3v) is 3.41. The number of amides is 1. The normalized spacial score (nSPS) is 16.8. The molecule has 0 radical (unpaired) electrons. The highest BCUT2D eigenvalue weighted by Gasteiger charge is 2.32. The number of nitrogens with zero attached hydrogens (tertiary/aromatic N) is 2. The molecule has 116 valence electrons. The molecule has 1 saturated heterocycles. The Labute approximate surface area is 132 Å². The second-order valence-corrected chi connectivity index (χ2v) is 5.01. The molecule has 0 N–H and O–H groups in total. The second-order valence-electron chi connectivity index (χ2n) is 5.01. The van der Waals surface area contributed by atoms with Crippen LogP contribution in [0.1, 0.15) is 0 Å². The number of carbonyl (C=O) groups excluding carboxylic acids is 1. The third kappa shape index (κ3) is 3.40. The van der Waals surface area contributed by atoms with Gasteiger partial charge in [-0.15, -0.1) is 0 Å². The maximum atomic E-state index is 12.8. The van der Waals surface area contributed by atoms with Crippen LogP contribution in [-0.2, 0) is 4.74 Å². The van der Waals surface area contributed by atoms with Crippen molar-refractivity contribution in [1.82, 2.24) is 0 Å². The van der Waals surface area contributed by atoms with Gasteiger partial charge in [0.25, 0.3) is 0 Å². The summed E-state index contributed by atoms with van der Waals surface area (Å²) in [6.07, 6.45) is -0.860. The Balaban J connectivity index is 1.60. The fourth-order valence-corrected chi connectivity index (χ4v) is 2.25. The van der Waals surface area contributed by atoms with E-state index in [1.807, 2.05) is 0 Å². The van der Waals surface area contributed by atoms with E-state index in [0.717, 1.165) is 0 Å². The maximum Gasteiger partial charge on any atom is 0.414 e. The van der Waals surface area contributed by atoms with Crippen molar-refractivity contribution in [2.75, 3.05) is 18.1 Å². The first-order valence-corrected chi connectivity index (χ1v) is 7.00. The fraction of sp³-hybridized carbons (Fsp3) is 0.176. The van der Waals surface area contributed by atoms with E-state index in [1.165, 1.54) is 29.2 Å². The van der Waals surface area contributed by atoms with E-state index >= 15 is 0 Å². The van der Waals surface area contributed by atoms with Crippen LogP contribution in [0, 0.1) is 12.4 Å². The van der Waals surface area contributed by atoms with Crippen LogP contribution in [0.15, 0.2) is 48.5 Å². The SMILES string of the molecule is [C-]#[N+]c1ccc(N2CC(COc3ccc(F)cc3)OC2=O)cc1. The van der Waals surface area contributed by atoms with E-state index in [9.17, 15) is 9.18 Å². The van der Waals surface area contributed by atoms with Crippen molar-refractivity contribution in [3.8, 4) is 5.75 Å². The largest absolute Gasteiger partial charge is 0.490 e. The van der Waals surface area contributed by atoms with Gasteiger partial charge in [0.1, 0.15) is 18.2 Å². The van der Waals surface area contributed by atoms with Crippen LogP contribution in [-0.4, -0.2) is 25.3 Å². The van der Waals surface area contributed by atoms with Gasteiger partial charge in [0.2, 0.25) is 0 Å². The van der Waals surface area contributed by atoms with Gasteiger partial charge < -0.3 is 9.47 Å². The molecule has 6 heteroatoms. The zero-order valence-electron chi connectivity index (χ0n) is 12.1. The van der Waals surface area contributed by atoms with Crippen LogP contribution in [0.25, 0.3) is 4.85 Å². The van der Waals surface area contributed by atoms with Crippen LogP contribution in [0.2, 0.25) is 0 Å². The molecule has 1 fully saturated rings. The molecule has 1 atom stereocenters. The predicted octanol–water partition coefficient (Wildman–Crippen LogP) is 3.78. The number of cyclic esters (lactones) is 1. The molecule has 0 aromatic heterocycles. The van der Waals surface area contributed by atoms with Gasteiger partial charge in [0.05, 0.1) is 13.1 Å². The summed E-state index contributed by atoms with van der Waals surface area (Å²) in [6.45, 7) is 7.47. The highest BCUT2D eigenvalue weighted by Crippen LogP contribution is 2.24. The molecule has 1 unspecified atom stereocenters. The summed E-state index contributed by atoms with van der Waals surface area (Å²) in [5.74, 6) is 0.181. The van der Waals surface area contributed by atoms with Crippen LogP contribution >= 0.6 is 0 Å². The highest BCUT2D eigenvalue weighted by molar-refractivity contribution is 5.90. The Morgan fingerprint density at radius 3 is 2.57 bits per heavy atom. The van der Waals surface area contributed by atoms with Crippen molar-refractivity contribution in [3.63, 3.8) is 0 Å². The zero-order valence-corrected chi connectivity index (χ0v) is 12.1. The fourth-order valence-electron chi connectivity index (χ4n) is 2.25. The van der Waals surface area contributed by atoms with E-state index in [4.69, 9.17) is 16.0 Å². The third-order valence-electron chi connectivity index (χ3n) is 3.41. The van der Waals surface area contributed by atoms with E-state index in [0.29, 0.717) is 23.7 Å². The summed E-state index contributed by atoms with van der Waals surface area (Å²) in [4.78, 5) is 16.7. The number of ether oxygens (including phenoxy) is 2. The molecular weight excluding hydrogens is 299 g/mol. The summed E-state index contributed by atoms with van der Waals surface area (Å²) in [5.41, 5.74) is 1.18. The van der Waals surface area contributed by atoms with Crippen molar-refractivity contribution in [1.29, 1.82) is 0 Å². The number of hydrogen-bond acceptors (Lipinski definition) is 3.